The van der Waals surface area contributed by atoms with Crippen LogP contribution in [0.4, 0.5) is 0 Å². The summed E-state index contributed by atoms with van der Waals surface area (Å²) in [5.74, 6) is -1.97. The van der Waals surface area contributed by atoms with Crippen LogP contribution in [0.3, 0.4) is 0 Å². The van der Waals surface area contributed by atoms with E-state index in [0.29, 0.717) is 22.2 Å². The molecular weight excluding hydrogens is 311 g/mol. The Morgan fingerprint density at radius 2 is 1.71 bits per heavy atom. The molecule has 0 saturated carbocycles. The number of carbonyl (C=O) groups excluding carboxylic acids is 1. The van der Waals surface area contributed by atoms with Gasteiger partial charge in [0.2, 0.25) is 5.91 Å². The molecule has 3 rings (SSSR count). The Kier molecular flexibility index (Phi) is 3.88. The minimum absolute atomic E-state index is 0.0308. The van der Waals surface area contributed by atoms with Gasteiger partial charge in [-0.15, -0.1) is 5.21 Å². The van der Waals surface area contributed by atoms with Gasteiger partial charge in [-0.25, -0.2) is 0 Å². The van der Waals surface area contributed by atoms with E-state index in [1.54, 1.807) is 0 Å². The summed E-state index contributed by atoms with van der Waals surface area (Å²) >= 11 is 6.14. The Bertz CT molecular complexity index is 893. The molecule has 0 fully saturated rings. The highest BCUT2D eigenvalue weighted by molar-refractivity contribution is 6.63. The molecular formula is C13H6B7ClN2O. The lowest BCUT2D eigenvalue weighted by molar-refractivity contribution is -0.120. The Hall–Kier alpha value is -1.03. The normalized spacial score (nSPS) is 21.5. The van der Waals surface area contributed by atoms with E-state index in [9.17, 15) is 4.79 Å². The largest absolute Gasteiger partial charge is 0.369 e. The zero-order chi connectivity index (χ0) is 18.2. The minimum atomic E-state index is -1.79. The molecule has 0 aliphatic heterocycles. The molecule has 3 nitrogen and oxygen atoms in total. The van der Waals surface area contributed by atoms with Crippen molar-refractivity contribution < 1.29 is 4.79 Å². The molecule has 1 heterocycles. The molecule has 2 aromatic rings. The standard InChI is InChI=1S/C13H6B7ClN2O/c14-5-3-2-1-12(17,18)13(19,20)4(11(22)24)9(2)23-10(3)7(16)6(15)8(5)21/h4,23H,1H2,(H2,22,24). The third-order valence-corrected chi connectivity index (χ3v) is 5.17. The maximum absolute atomic E-state index is 12.0. The van der Waals surface area contributed by atoms with E-state index in [1.807, 2.05) is 0 Å². The van der Waals surface area contributed by atoms with Crippen LogP contribution in [-0.2, 0) is 11.2 Å². The van der Waals surface area contributed by atoms with Gasteiger partial charge in [0.15, 0.2) is 0 Å². The second-order valence-corrected chi connectivity index (χ2v) is 6.69. The SMILES string of the molecule is [B]c1c(Cl)c([B])c2c3c([nH]c2c1[B])C(C(N)=O)C([B])([B])C([B])([B])C3. The number of nitrogens with one attached hydrogen (secondary N) is 1. The van der Waals surface area contributed by atoms with E-state index < -0.39 is 22.3 Å². The second kappa shape index (κ2) is 5.23. The van der Waals surface area contributed by atoms with Crippen LogP contribution in [0.15, 0.2) is 0 Å². The van der Waals surface area contributed by atoms with Crippen molar-refractivity contribution in [3.05, 3.63) is 16.3 Å². The van der Waals surface area contributed by atoms with Crippen LogP contribution in [-0.4, -0.2) is 65.8 Å². The fourth-order valence-electron chi connectivity index (χ4n) is 3.33. The predicted molar refractivity (Wildman–Crippen MR) is 104 cm³/mol. The molecule has 1 aliphatic carbocycles. The van der Waals surface area contributed by atoms with E-state index in [0.717, 1.165) is 0 Å². The number of benzene rings is 1. The van der Waals surface area contributed by atoms with Crippen LogP contribution >= 0.6 is 11.6 Å². The highest BCUT2D eigenvalue weighted by atomic mass is 35.5. The average Bonchev–Trinajstić information content (AvgIpc) is 2.80. The fourth-order valence-corrected chi connectivity index (χ4v) is 3.52. The number of aromatic nitrogens is 1. The molecule has 14 radical (unpaired) electrons. The summed E-state index contributed by atoms with van der Waals surface area (Å²) in [7, 11) is 42.3. The van der Waals surface area contributed by atoms with Gasteiger partial charge in [0.1, 0.15) is 23.5 Å². The van der Waals surface area contributed by atoms with Crippen LogP contribution in [0.5, 0.6) is 0 Å². The van der Waals surface area contributed by atoms with Gasteiger partial charge in [0.05, 0.1) is 37.3 Å². The molecule has 0 spiro atoms. The van der Waals surface area contributed by atoms with Gasteiger partial charge in [-0.2, -0.15) is 0 Å². The summed E-state index contributed by atoms with van der Waals surface area (Å²) in [6.07, 6.45) is 0.0308. The maximum Gasteiger partial charge on any atom is 0.225 e. The molecule has 3 N–H and O–H groups in total. The van der Waals surface area contributed by atoms with Crippen molar-refractivity contribution in [1.82, 2.24) is 4.98 Å². The number of aromatic amines is 1. The summed E-state index contributed by atoms with van der Waals surface area (Å²) < 4.78 is 0. The van der Waals surface area contributed by atoms with Gasteiger partial charge >= 0.3 is 0 Å². The van der Waals surface area contributed by atoms with Crippen LogP contribution < -0.4 is 22.1 Å². The van der Waals surface area contributed by atoms with Crippen LogP contribution in [0.25, 0.3) is 10.9 Å². The molecule has 1 amide bonds. The summed E-state index contributed by atoms with van der Waals surface area (Å²) in [5.41, 5.74) is 7.28. The second-order valence-electron chi connectivity index (χ2n) is 6.31. The summed E-state index contributed by atoms with van der Waals surface area (Å²) in [6.45, 7) is 0. The molecule has 0 saturated heterocycles. The Morgan fingerprint density at radius 3 is 2.25 bits per heavy atom. The van der Waals surface area contributed by atoms with E-state index in [-0.39, 0.29) is 27.8 Å². The first-order chi connectivity index (χ1) is 10.9. The molecule has 1 unspecified atom stereocenters. The lowest BCUT2D eigenvalue weighted by Gasteiger charge is -2.52. The number of hydrogen-bond donors (Lipinski definition) is 2. The van der Waals surface area contributed by atoms with Gasteiger partial charge < -0.3 is 10.7 Å². The lowest BCUT2D eigenvalue weighted by atomic mass is 9.24. The quantitative estimate of drug-likeness (QED) is 0.550. The summed E-state index contributed by atoms with van der Waals surface area (Å²) in [6, 6.07) is 0. The number of fused-ring (bicyclic) bond motifs is 3. The smallest absolute Gasteiger partial charge is 0.225 e. The Labute approximate surface area is 154 Å². The first kappa shape index (κ1) is 17.8. The number of hydrogen-bond acceptors (Lipinski definition) is 1. The predicted octanol–water partition coefficient (Wildman–Crippen LogP) is -2.77. The van der Waals surface area contributed by atoms with Gasteiger partial charge in [0.25, 0.3) is 0 Å². The monoisotopic (exact) mass is 318 g/mol. The van der Waals surface area contributed by atoms with Crippen molar-refractivity contribution in [3.8, 4) is 0 Å². The van der Waals surface area contributed by atoms with Gasteiger partial charge in [-0.05, 0) is 17.4 Å². The third kappa shape index (κ3) is 2.11. The van der Waals surface area contributed by atoms with E-state index in [2.05, 4.69) is 4.98 Å². The fraction of sp³-hybridized carbons (Fsp3) is 0.308. The number of primary amides is 1. The number of rotatable bonds is 1. The average molecular weight is 317 g/mol. The topological polar surface area (TPSA) is 58.9 Å². The molecule has 1 atom stereocenters. The number of nitrogens with two attached hydrogens (primary N) is 1. The van der Waals surface area contributed by atoms with E-state index in [1.165, 1.54) is 0 Å². The highest BCUT2D eigenvalue weighted by Gasteiger charge is 2.50. The number of amides is 1. The molecule has 24 heavy (non-hydrogen) atoms. The summed E-state index contributed by atoms with van der Waals surface area (Å²) in [4.78, 5) is 15.0. The number of halogens is 1. The van der Waals surface area contributed by atoms with Crippen molar-refractivity contribution in [3.63, 3.8) is 0 Å². The minimum Gasteiger partial charge on any atom is -0.369 e. The van der Waals surface area contributed by atoms with Gasteiger partial charge in [-0.1, -0.05) is 33.2 Å². The van der Waals surface area contributed by atoms with Crippen molar-refractivity contribution >= 4 is 99.7 Å². The van der Waals surface area contributed by atoms with Crippen LogP contribution in [0.1, 0.15) is 17.2 Å². The Morgan fingerprint density at radius 1 is 1.12 bits per heavy atom. The number of H-pyrrole nitrogens is 1. The van der Waals surface area contributed by atoms with Crippen molar-refractivity contribution in [1.29, 1.82) is 0 Å². The highest BCUT2D eigenvalue weighted by Crippen LogP contribution is 2.58. The summed E-state index contributed by atoms with van der Waals surface area (Å²) in [5, 5.41) is -2.83. The first-order valence-electron chi connectivity index (χ1n) is 7.03. The Balaban J connectivity index is 2.47. The zero-order valence-corrected chi connectivity index (χ0v) is 13.4. The first-order valence-corrected chi connectivity index (χ1v) is 7.40. The van der Waals surface area contributed by atoms with Crippen molar-refractivity contribution in [2.45, 2.75) is 22.8 Å². The zero-order valence-electron chi connectivity index (χ0n) is 12.7. The van der Waals surface area contributed by atoms with Gasteiger partial charge in [-0.3, -0.25) is 4.79 Å². The molecule has 1 aliphatic rings. The van der Waals surface area contributed by atoms with Crippen LogP contribution in [0, 0.1) is 0 Å². The number of carbonyl (C=O) groups is 1. The lowest BCUT2D eigenvalue weighted by Crippen LogP contribution is -2.47. The molecule has 11 heteroatoms. The molecule has 1 aromatic carbocycles. The third-order valence-electron chi connectivity index (χ3n) is 4.76. The van der Waals surface area contributed by atoms with Crippen molar-refractivity contribution in [2.24, 2.45) is 5.73 Å². The maximum atomic E-state index is 12.0. The van der Waals surface area contributed by atoms with Gasteiger partial charge in [0, 0.05) is 16.2 Å². The molecule has 102 valence electrons. The van der Waals surface area contributed by atoms with E-state index >= 15 is 0 Å². The molecule has 0 bridgehead atoms. The molecule has 1 aromatic heterocycles. The van der Waals surface area contributed by atoms with E-state index in [4.69, 9.17) is 72.3 Å². The van der Waals surface area contributed by atoms with Crippen molar-refractivity contribution in [2.75, 3.05) is 0 Å². The van der Waals surface area contributed by atoms with Crippen LogP contribution in [0.2, 0.25) is 15.5 Å².